The lowest BCUT2D eigenvalue weighted by Gasteiger charge is -1.99. The van der Waals surface area contributed by atoms with Gasteiger partial charge in [-0.05, 0) is 25.1 Å². The van der Waals surface area contributed by atoms with Gasteiger partial charge in [0.1, 0.15) is 11.5 Å². The molecule has 23 heavy (non-hydrogen) atoms. The highest BCUT2D eigenvalue weighted by Gasteiger charge is 2.12. The Morgan fingerprint density at radius 1 is 1.22 bits per heavy atom. The molecule has 4 nitrogen and oxygen atoms in total. The predicted octanol–water partition coefficient (Wildman–Crippen LogP) is 4.62. The van der Waals surface area contributed by atoms with E-state index < -0.39 is 0 Å². The van der Waals surface area contributed by atoms with E-state index in [1.165, 1.54) is 0 Å². The van der Waals surface area contributed by atoms with E-state index in [4.69, 9.17) is 4.52 Å². The molecule has 0 unspecified atom stereocenters. The Labute approximate surface area is 142 Å². The molecule has 0 amide bonds. The maximum absolute atomic E-state index is 12.2. The molecule has 0 radical (unpaired) electrons. The molecule has 0 spiro atoms. The second-order valence-electron chi connectivity index (χ2n) is 5.27. The minimum Gasteiger partial charge on any atom is -0.361 e. The molecular weight excluding hydrogens is 356 g/mol. The minimum absolute atomic E-state index is 0.0522. The Bertz CT molecular complexity index is 825. The zero-order valence-electron chi connectivity index (χ0n) is 12.6. The van der Waals surface area contributed by atoms with Crippen LogP contribution in [-0.2, 0) is 6.42 Å². The average Bonchev–Trinajstić information content (AvgIpc) is 3.02. The van der Waals surface area contributed by atoms with Crippen molar-refractivity contribution in [3.8, 4) is 11.3 Å². The maximum Gasteiger partial charge on any atom is 0.164 e. The molecule has 1 aromatic carbocycles. The van der Waals surface area contributed by atoms with E-state index in [0.29, 0.717) is 24.2 Å². The van der Waals surface area contributed by atoms with Crippen LogP contribution in [0.5, 0.6) is 0 Å². The van der Waals surface area contributed by atoms with Crippen molar-refractivity contribution in [3.05, 3.63) is 70.2 Å². The molecule has 0 aliphatic rings. The fourth-order valence-corrected chi connectivity index (χ4v) is 2.73. The highest BCUT2D eigenvalue weighted by molar-refractivity contribution is 9.10. The normalized spacial score (nSPS) is 10.7. The summed E-state index contributed by atoms with van der Waals surface area (Å²) in [6.07, 6.45) is 2.50. The van der Waals surface area contributed by atoms with Crippen molar-refractivity contribution in [2.75, 3.05) is 0 Å². The summed E-state index contributed by atoms with van der Waals surface area (Å²) in [6, 6.07) is 13.3. The first kappa shape index (κ1) is 15.6. The second-order valence-corrected chi connectivity index (χ2v) is 6.12. The lowest BCUT2D eigenvalue weighted by Crippen LogP contribution is -2.01. The van der Waals surface area contributed by atoms with Gasteiger partial charge in [0, 0.05) is 46.4 Å². The second kappa shape index (κ2) is 6.87. The Kier molecular flexibility index (Phi) is 4.67. The summed E-state index contributed by atoms with van der Waals surface area (Å²) < 4.78 is 6.30. The van der Waals surface area contributed by atoms with Gasteiger partial charge in [-0.2, -0.15) is 0 Å². The Morgan fingerprint density at radius 3 is 2.78 bits per heavy atom. The smallest absolute Gasteiger partial charge is 0.164 e. The number of hydrogen-bond donors (Lipinski definition) is 0. The molecule has 0 aliphatic carbocycles. The molecule has 2 aromatic heterocycles. The van der Waals surface area contributed by atoms with Gasteiger partial charge in [-0.25, -0.2) is 0 Å². The highest BCUT2D eigenvalue weighted by atomic mass is 79.9. The molecule has 2 heterocycles. The van der Waals surface area contributed by atoms with E-state index in [1.54, 1.807) is 12.3 Å². The third-order valence-electron chi connectivity index (χ3n) is 3.54. The number of nitrogens with zero attached hydrogens (tertiary/aromatic N) is 2. The Morgan fingerprint density at radius 2 is 2.04 bits per heavy atom. The van der Waals surface area contributed by atoms with Crippen LogP contribution in [-0.4, -0.2) is 15.9 Å². The standard InChI is InChI=1S/C18H15BrN2O2/c1-12-6-7-13(11-20-12)18(22)9-8-14-10-17(21-23-14)15-4-2-3-5-16(15)19/h2-7,10-11H,8-9H2,1H3. The van der Waals surface area contributed by atoms with Crippen molar-refractivity contribution >= 4 is 21.7 Å². The number of aromatic nitrogens is 2. The number of Topliss-reactive ketones (excluding diaryl/α,β-unsaturated/α-hetero) is 1. The predicted molar refractivity (Wildman–Crippen MR) is 91.3 cm³/mol. The number of benzene rings is 1. The maximum atomic E-state index is 12.2. The summed E-state index contributed by atoms with van der Waals surface area (Å²) in [7, 11) is 0. The number of carbonyl (C=O) groups is 1. The van der Waals surface area contributed by atoms with Gasteiger partial charge in [-0.15, -0.1) is 0 Å². The quantitative estimate of drug-likeness (QED) is 0.614. The fraction of sp³-hybridized carbons (Fsp3) is 0.167. The lowest BCUT2D eigenvalue weighted by molar-refractivity contribution is 0.0980. The van der Waals surface area contributed by atoms with Crippen LogP contribution in [0.3, 0.4) is 0 Å². The summed E-state index contributed by atoms with van der Waals surface area (Å²) in [5.74, 6) is 0.750. The van der Waals surface area contributed by atoms with Gasteiger partial charge in [0.15, 0.2) is 5.78 Å². The number of halogens is 1. The molecule has 0 aliphatic heterocycles. The number of aryl methyl sites for hydroxylation is 2. The molecule has 116 valence electrons. The zero-order chi connectivity index (χ0) is 16.2. The van der Waals surface area contributed by atoms with Crippen LogP contribution in [0.25, 0.3) is 11.3 Å². The van der Waals surface area contributed by atoms with Crippen molar-refractivity contribution in [2.45, 2.75) is 19.8 Å². The van der Waals surface area contributed by atoms with Crippen molar-refractivity contribution in [1.29, 1.82) is 0 Å². The average molecular weight is 371 g/mol. The third kappa shape index (κ3) is 3.74. The molecule has 0 saturated heterocycles. The first-order valence-corrected chi connectivity index (χ1v) is 8.09. The van der Waals surface area contributed by atoms with Gasteiger partial charge < -0.3 is 4.52 Å². The lowest BCUT2D eigenvalue weighted by atomic mass is 10.1. The molecule has 0 N–H and O–H groups in total. The summed E-state index contributed by atoms with van der Waals surface area (Å²) in [5, 5.41) is 4.08. The van der Waals surface area contributed by atoms with E-state index in [2.05, 4.69) is 26.1 Å². The van der Waals surface area contributed by atoms with E-state index in [9.17, 15) is 4.79 Å². The Balaban J connectivity index is 1.67. The van der Waals surface area contributed by atoms with Crippen LogP contribution < -0.4 is 0 Å². The first-order chi connectivity index (χ1) is 11.1. The molecule has 3 rings (SSSR count). The summed E-state index contributed by atoms with van der Waals surface area (Å²) in [4.78, 5) is 16.3. The van der Waals surface area contributed by atoms with Crippen LogP contribution in [0.2, 0.25) is 0 Å². The number of carbonyl (C=O) groups excluding carboxylic acids is 1. The summed E-state index contributed by atoms with van der Waals surface area (Å²) in [5.41, 5.74) is 3.25. The summed E-state index contributed by atoms with van der Waals surface area (Å²) in [6.45, 7) is 1.89. The van der Waals surface area contributed by atoms with Gasteiger partial charge in [0.25, 0.3) is 0 Å². The number of rotatable bonds is 5. The molecule has 3 aromatic rings. The van der Waals surface area contributed by atoms with Crippen LogP contribution >= 0.6 is 15.9 Å². The largest absolute Gasteiger partial charge is 0.361 e. The van der Waals surface area contributed by atoms with Crippen LogP contribution in [0, 0.1) is 6.92 Å². The number of hydrogen-bond acceptors (Lipinski definition) is 4. The van der Waals surface area contributed by atoms with E-state index in [1.807, 2.05) is 43.3 Å². The van der Waals surface area contributed by atoms with Crippen LogP contribution in [0.1, 0.15) is 28.2 Å². The molecule has 5 heteroatoms. The van der Waals surface area contributed by atoms with Gasteiger partial charge >= 0.3 is 0 Å². The van der Waals surface area contributed by atoms with Crippen molar-refractivity contribution in [2.24, 2.45) is 0 Å². The van der Waals surface area contributed by atoms with Crippen molar-refractivity contribution in [3.63, 3.8) is 0 Å². The topological polar surface area (TPSA) is 56.0 Å². The highest BCUT2D eigenvalue weighted by Crippen LogP contribution is 2.27. The van der Waals surface area contributed by atoms with Gasteiger partial charge in [-0.3, -0.25) is 9.78 Å². The SMILES string of the molecule is Cc1ccc(C(=O)CCc2cc(-c3ccccc3Br)no2)cn1. The van der Waals surface area contributed by atoms with E-state index in [-0.39, 0.29) is 5.78 Å². The number of ketones is 1. The first-order valence-electron chi connectivity index (χ1n) is 7.30. The minimum atomic E-state index is 0.0522. The van der Waals surface area contributed by atoms with Gasteiger partial charge in [0.05, 0.1) is 0 Å². The van der Waals surface area contributed by atoms with E-state index in [0.717, 1.165) is 21.4 Å². The van der Waals surface area contributed by atoms with Crippen LogP contribution in [0.4, 0.5) is 0 Å². The fourth-order valence-electron chi connectivity index (χ4n) is 2.24. The van der Waals surface area contributed by atoms with Gasteiger partial charge in [-0.1, -0.05) is 39.3 Å². The summed E-state index contributed by atoms with van der Waals surface area (Å²) >= 11 is 3.50. The van der Waals surface area contributed by atoms with Crippen molar-refractivity contribution < 1.29 is 9.32 Å². The number of pyridine rings is 1. The Hall–Kier alpha value is -2.27. The van der Waals surface area contributed by atoms with Gasteiger partial charge in [0.2, 0.25) is 0 Å². The van der Waals surface area contributed by atoms with Crippen LogP contribution in [0.15, 0.2) is 57.7 Å². The zero-order valence-corrected chi connectivity index (χ0v) is 14.2. The molecule has 0 fully saturated rings. The van der Waals surface area contributed by atoms with E-state index >= 15 is 0 Å². The molecule has 0 saturated carbocycles. The molecule has 0 atom stereocenters. The third-order valence-corrected chi connectivity index (χ3v) is 4.23. The monoisotopic (exact) mass is 370 g/mol. The van der Waals surface area contributed by atoms with Crippen molar-refractivity contribution in [1.82, 2.24) is 10.1 Å². The molecular formula is C18H15BrN2O2. The molecule has 0 bridgehead atoms.